The standard InChI is InChI=1S/C15H22FN3O/c1-19(14-5-3-2-4-6-14)10-11-7-12(15(17)18-20)9-13(16)8-11/h7-9,14,20H,2-6,10H2,1H3,(H2,17,18). The van der Waals surface area contributed by atoms with Gasteiger partial charge in [-0.05, 0) is 43.7 Å². The highest BCUT2D eigenvalue weighted by molar-refractivity contribution is 5.97. The molecule has 1 fully saturated rings. The second-order valence-corrected chi connectivity index (χ2v) is 5.54. The normalized spacial score (nSPS) is 17.6. The van der Waals surface area contributed by atoms with Crippen LogP contribution in [0.3, 0.4) is 0 Å². The fourth-order valence-corrected chi connectivity index (χ4v) is 2.89. The molecule has 110 valence electrons. The van der Waals surface area contributed by atoms with Gasteiger partial charge in [0.2, 0.25) is 0 Å². The molecular formula is C15H22FN3O. The van der Waals surface area contributed by atoms with Crippen LogP contribution in [-0.4, -0.2) is 29.0 Å². The van der Waals surface area contributed by atoms with E-state index < -0.39 is 0 Å². The van der Waals surface area contributed by atoms with Crippen molar-refractivity contribution in [1.29, 1.82) is 0 Å². The van der Waals surface area contributed by atoms with Gasteiger partial charge in [-0.3, -0.25) is 4.90 Å². The van der Waals surface area contributed by atoms with Gasteiger partial charge in [0.25, 0.3) is 0 Å². The quantitative estimate of drug-likeness (QED) is 0.385. The molecule has 1 aromatic rings. The van der Waals surface area contributed by atoms with Gasteiger partial charge in [-0.1, -0.05) is 24.4 Å². The first-order chi connectivity index (χ1) is 9.60. The van der Waals surface area contributed by atoms with Crippen LogP contribution in [0.1, 0.15) is 43.2 Å². The van der Waals surface area contributed by atoms with Gasteiger partial charge in [0.05, 0.1) is 0 Å². The molecule has 0 bridgehead atoms. The zero-order valence-corrected chi connectivity index (χ0v) is 11.8. The summed E-state index contributed by atoms with van der Waals surface area (Å²) < 4.78 is 13.6. The van der Waals surface area contributed by atoms with Gasteiger partial charge in [-0.2, -0.15) is 0 Å². The topological polar surface area (TPSA) is 61.8 Å². The minimum absolute atomic E-state index is 0.0638. The molecule has 0 atom stereocenters. The lowest BCUT2D eigenvalue weighted by atomic mass is 9.94. The van der Waals surface area contributed by atoms with Gasteiger partial charge in [-0.25, -0.2) is 4.39 Å². The molecule has 1 aliphatic rings. The molecule has 4 nitrogen and oxygen atoms in total. The highest BCUT2D eigenvalue weighted by Crippen LogP contribution is 2.23. The van der Waals surface area contributed by atoms with E-state index >= 15 is 0 Å². The van der Waals surface area contributed by atoms with Gasteiger partial charge < -0.3 is 10.9 Å². The van der Waals surface area contributed by atoms with Crippen LogP contribution >= 0.6 is 0 Å². The van der Waals surface area contributed by atoms with Crippen molar-refractivity contribution in [2.75, 3.05) is 7.05 Å². The lowest BCUT2D eigenvalue weighted by molar-refractivity contribution is 0.184. The van der Waals surface area contributed by atoms with Crippen LogP contribution in [0.4, 0.5) is 4.39 Å². The van der Waals surface area contributed by atoms with Crippen LogP contribution in [0.25, 0.3) is 0 Å². The van der Waals surface area contributed by atoms with Crippen molar-refractivity contribution in [1.82, 2.24) is 4.90 Å². The van der Waals surface area contributed by atoms with E-state index in [1.54, 1.807) is 6.07 Å². The first-order valence-electron chi connectivity index (χ1n) is 7.08. The molecule has 0 saturated heterocycles. The Balaban J connectivity index is 2.10. The van der Waals surface area contributed by atoms with Crippen molar-refractivity contribution < 1.29 is 9.60 Å². The van der Waals surface area contributed by atoms with Crippen LogP contribution in [0.5, 0.6) is 0 Å². The molecule has 0 aromatic heterocycles. The molecule has 20 heavy (non-hydrogen) atoms. The Bertz CT molecular complexity index is 484. The molecule has 5 heteroatoms. The van der Waals surface area contributed by atoms with Crippen molar-refractivity contribution in [3.8, 4) is 0 Å². The zero-order valence-electron chi connectivity index (χ0n) is 11.8. The van der Waals surface area contributed by atoms with E-state index in [-0.39, 0.29) is 11.7 Å². The summed E-state index contributed by atoms with van der Waals surface area (Å²) in [4.78, 5) is 2.27. The molecule has 1 aliphatic carbocycles. The third kappa shape index (κ3) is 3.70. The molecule has 0 aliphatic heterocycles. The predicted octanol–water partition coefficient (Wildman–Crippen LogP) is 2.68. The van der Waals surface area contributed by atoms with Gasteiger partial charge in [0.15, 0.2) is 5.84 Å². The summed E-state index contributed by atoms with van der Waals surface area (Å²) in [7, 11) is 2.07. The van der Waals surface area contributed by atoms with E-state index in [4.69, 9.17) is 10.9 Å². The van der Waals surface area contributed by atoms with Gasteiger partial charge >= 0.3 is 0 Å². The first kappa shape index (κ1) is 14.8. The Morgan fingerprint density at radius 3 is 2.70 bits per heavy atom. The molecule has 0 spiro atoms. The summed E-state index contributed by atoms with van der Waals surface area (Å²) in [5.74, 6) is -0.424. The number of hydrogen-bond donors (Lipinski definition) is 2. The third-order valence-electron chi connectivity index (χ3n) is 3.99. The molecular weight excluding hydrogens is 257 g/mol. The van der Waals surface area contributed by atoms with Crippen LogP contribution in [0, 0.1) is 5.82 Å². The smallest absolute Gasteiger partial charge is 0.170 e. The average Bonchev–Trinajstić information content (AvgIpc) is 2.46. The Morgan fingerprint density at radius 1 is 1.35 bits per heavy atom. The zero-order chi connectivity index (χ0) is 14.5. The summed E-state index contributed by atoms with van der Waals surface area (Å²) in [6, 6.07) is 5.13. The van der Waals surface area contributed by atoms with E-state index in [0.29, 0.717) is 18.2 Å². The largest absolute Gasteiger partial charge is 0.409 e. The number of oxime groups is 1. The van der Waals surface area contributed by atoms with Crippen LogP contribution in [0.15, 0.2) is 23.4 Å². The maximum absolute atomic E-state index is 13.6. The van der Waals surface area contributed by atoms with Crippen molar-refractivity contribution in [3.05, 3.63) is 35.1 Å². The fourth-order valence-electron chi connectivity index (χ4n) is 2.89. The Hall–Kier alpha value is -1.62. The maximum atomic E-state index is 13.6. The summed E-state index contributed by atoms with van der Waals surface area (Å²) in [6.07, 6.45) is 6.27. The predicted molar refractivity (Wildman–Crippen MR) is 77.3 cm³/mol. The monoisotopic (exact) mass is 279 g/mol. The molecule has 1 aromatic carbocycles. The fraction of sp³-hybridized carbons (Fsp3) is 0.533. The van der Waals surface area contributed by atoms with E-state index in [1.165, 1.54) is 44.2 Å². The lowest BCUT2D eigenvalue weighted by Crippen LogP contribution is -2.33. The van der Waals surface area contributed by atoms with E-state index in [1.807, 2.05) is 0 Å². The highest BCUT2D eigenvalue weighted by atomic mass is 19.1. The average molecular weight is 279 g/mol. The van der Waals surface area contributed by atoms with Crippen LogP contribution in [-0.2, 0) is 6.54 Å². The second-order valence-electron chi connectivity index (χ2n) is 5.54. The van der Waals surface area contributed by atoms with Crippen LogP contribution < -0.4 is 5.73 Å². The van der Waals surface area contributed by atoms with Crippen molar-refractivity contribution in [3.63, 3.8) is 0 Å². The minimum Gasteiger partial charge on any atom is -0.409 e. The van der Waals surface area contributed by atoms with Crippen molar-refractivity contribution >= 4 is 5.84 Å². The molecule has 0 unspecified atom stereocenters. The maximum Gasteiger partial charge on any atom is 0.170 e. The minimum atomic E-state index is -0.360. The number of nitrogens with two attached hydrogens (primary N) is 1. The second kappa shape index (κ2) is 6.70. The highest BCUT2D eigenvalue weighted by Gasteiger charge is 2.18. The Morgan fingerprint density at radius 2 is 2.05 bits per heavy atom. The van der Waals surface area contributed by atoms with E-state index in [0.717, 1.165) is 5.56 Å². The van der Waals surface area contributed by atoms with E-state index in [9.17, 15) is 4.39 Å². The van der Waals surface area contributed by atoms with Crippen molar-refractivity contribution in [2.24, 2.45) is 10.9 Å². The number of benzene rings is 1. The van der Waals surface area contributed by atoms with Gasteiger partial charge in [0, 0.05) is 18.2 Å². The number of halogens is 1. The van der Waals surface area contributed by atoms with Gasteiger partial charge in [0.1, 0.15) is 5.82 Å². The molecule has 1 saturated carbocycles. The van der Waals surface area contributed by atoms with Crippen molar-refractivity contribution in [2.45, 2.75) is 44.7 Å². The summed E-state index contributed by atoms with van der Waals surface area (Å²) in [5, 5.41) is 11.6. The van der Waals surface area contributed by atoms with Crippen LogP contribution in [0.2, 0.25) is 0 Å². The first-order valence-corrected chi connectivity index (χ1v) is 7.08. The number of rotatable bonds is 4. The molecule has 0 amide bonds. The number of hydrogen-bond acceptors (Lipinski definition) is 3. The summed E-state index contributed by atoms with van der Waals surface area (Å²) in [6.45, 7) is 0.675. The molecule has 0 heterocycles. The Labute approximate surface area is 119 Å². The molecule has 3 N–H and O–H groups in total. The molecule has 0 radical (unpaired) electrons. The Kier molecular flexibility index (Phi) is 4.95. The van der Waals surface area contributed by atoms with Gasteiger partial charge in [-0.15, -0.1) is 0 Å². The number of amidine groups is 1. The molecule has 2 rings (SSSR count). The lowest BCUT2D eigenvalue weighted by Gasteiger charge is -2.31. The summed E-state index contributed by atoms with van der Waals surface area (Å²) in [5.41, 5.74) is 6.79. The van der Waals surface area contributed by atoms with E-state index in [2.05, 4.69) is 17.1 Å². The number of nitrogens with zero attached hydrogens (tertiary/aromatic N) is 2. The third-order valence-corrected chi connectivity index (χ3v) is 3.99. The SMILES string of the molecule is CN(Cc1cc(F)cc(/C(N)=N/O)c1)C1CCCCC1. The summed E-state index contributed by atoms with van der Waals surface area (Å²) >= 11 is 0.